The van der Waals surface area contributed by atoms with Crippen molar-refractivity contribution >= 4 is 27.3 Å². The third kappa shape index (κ3) is 3.54. The molecular formula is C18H21BrN2O3S. The van der Waals surface area contributed by atoms with Gasteiger partial charge < -0.3 is 9.47 Å². The van der Waals surface area contributed by atoms with Crippen molar-refractivity contribution in [2.24, 2.45) is 5.92 Å². The van der Waals surface area contributed by atoms with Crippen LogP contribution in [0.3, 0.4) is 0 Å². The average molecular weight is 425 g/mol. The molecule has 5 nitrogen and oxygen atoms in total. The van der Waals surface area contributed by atoms with Gasteiger partial charge in [-0.1, -0.05) is 30.3 Å². The van der Waals surface area contributed by atoms with Gasteiger partial charge in [0.05, 0.1) is 25.9 Å². The summed E-state index contributed by atoms with van der Waals surface area (Å²) in [5, 5.41) is 3.00. The summed E-state index contributed by atoms with van der Waals surface area (Å²) in [6.07, 6.45) is 1.11. The summed E-state index contributed by atoms with van der Waals surface area (Å²) in [5.74, 6) is 0.269. The van der Waals surface area contributed by atoms with Crippen molar-refractivity contribution in [2.45, 2.75) is 37.7 Å². The number of hydroxylamine groups is 1. The zero-order chi connectivity index (χ0) is 17.3. The summed E-state index contributed by atoms with van der Waals surface area (Å²) in [5.41, 5.74) is 4.03. The highest BCUT2D eigenvalue weighted by Crippen LogP contribution is 2.45. The Labute approximate surface area is 159 Å². The van der Waals surface area contributed by atoms with Gasteiger partial charge in [0.25, 0.3) is 0 Å². The van der Waals surface area contributed by atoms with Crippen molar-refractivity contribution in [3.8, 4) is 0 Å². The quantitative estimate of drug-likeness (QED) is 0.793. The van der Waals surface area contributed by atoms with Crippen LogP contribution in [0.25, 0.3) is 0 Å². The first-order chi connectivity index (χ1) is 12.2. The number of hydrogen-bond donors (Lipinski definition) is 1. The molecule has 25 heavy (non-hydrogen) atoms. The molecule has 0 unspecified atom stereocenters. The van der Waals surface area contributed by atoms with Crippen LogP contribution in [0.1, 0.15) is 23.9 Å². The number of halogens is 1. The van der Waals surface area contributed by atoms with E-state index in [-0.39, 0.29) is 23.7 Å². The van der Waals surface area contributed by atoms with E-state index in [2.05, 4.69) is 45.5 Å². The molecule has 0 aliphatic carbocycles. The Morgan fingerprint density at radius 1 is 1.40 bits per heavy atom. The number of thiazole rings is 1. The summed E-state index contributed by atoms with van der Waals surface area (Å²) >= 11 is 5.08. The van der Waals surface area contributed by atoms with Gasteiger partial charge >= 0.3 is 0 Å². The summed E-state index contributed by atoms with van der Waals surface area (Å²) < 4.78 is 12.7. The fourth-order valence-electron chi connectivity index (χ4n) is 3.59. The fourth-order valence-corrected chi connectivity index (χ4v) is 5.04. The lowest BCUT2D eigenvalue weighted by molar-refractivity contribution is -0.0604. The molecule has 0 bridgehead atoms. The molecule has 0 radical (unpaired) electrons. The molecule has 2 fully saturated rings. The Kier molecular flexibility index (Phi) is 5.22. The van der Waals surface area contributed by atoms with E-state index in [4.69, 9.17) is 14.3 Å². The van der Waals surface area contributed by atoms with Crippen LogP contribution in [0.15, 0.2) is 40.3 Å². The van der Waals surface area contributed by atoms with Gasteiger partial charge in [0.1, 0.15) is 21.3 Å². The number of fused-ring (bicyclic) bond motifs is 1. The lowest BCUT2D eigenvalue weighted by Gasteiger charge is -2.39. The Morgan fingerprint density at radius 3 is 3.00 bits per heavy atom. The maximum Gasteiger partial charge on any atom is 0.123 e. The second kappa shape index (κ2) is 7.42. The predicted octanol–water partition coefficient (Wildman–Crippen LogP) is 3.65. The van der Waals surface area contributed by atoms with E-state index in [1.807, 2.05) is 23.6 Å². The van der Waals surface area contributed by atoms with Crippen molar-refractivity contribution in [3.63, 3.8) is 0 Å². The minimum atomic E-state index is -0.385. The molecular weight excluding hydrogens is 404 g/mol. The summed E-state index contributed by atoms with van der Waals surface area (Å²) in [4.78, 5) is 10.6. The van der Waals surface area contributed by atoms with Crippen LogP contribution in [0.2, 0.25) is 0 Å². The fraction of sp³-hybridized carbons (Fsp3) is 0.500. The first-order valence-electron chi connectivity index (χ1n) is 8.45. The van der Waals surface area contributed by atoms with Gasteiger partial charge in [-0.05, 0) is 34.8 Å². The standard InChI is InChI=1S/C18H21BrN2O3S/c1-12-7-14-15(9-22-8-13-5-3-2-4-6-13)24-21-18(14,11-23-12)17-20-16(19)10-25-17/h2-6,10,12,14-15,21H,7-9,11H2,1H3/t12-,14-,15+,18-/m0/s1. The number of ether oxygens (including phenoxy) is 2. The molecule has 2 aromatic rings. The summed E-state index contributed by atoms with van der Waals surface area (Å²) in [6.45, 7) is 3.82. The number of aromatic nitrogens is 1. The van der Waals surface area contributed by atoms with Crippen LogP contribution in [-0.2, 0) is 26.5 Å². The van der Waals surface area contributed by atoms with Gasteiger partial charge in [-0.3, -0.25) is 4.84 Å². The largest absolute Gasteiger partial charge is 0.376 e. The van der Waals surface area contributed by atoms with E-state index in [0.717, 1.165) is 16.0 Å². The molecule has 4 rings (SSSR count). The lowest BCUT2D eigenvalue weighted by atomic mass is 9.77. The zero-order valence-corrected chi connectivity index (χ0v) is 16.4. The number of nitrogens with zero attached hydrogens (tertiary/aromatic N) is 1. The highest BCUT2D eigenvalue weighted by molar-refractivity contribution is 9.10. The summed E-state index contributed by atoms with van der Waals surface area (Å²) in [6, 6.07) is 10.2. The van der Waals surface area contributed by atoms with E-state index in [1.165, 1.54) is 5.56 Å². The lowest BCUT2D eigenvalue weighted by Crippen LogP contribution is -2.52. The second-order valence-electron chi connectivity index (χ2n) is 6.67. The van der Waals surface area contributed by atoms with Crippen molar-refractivity contribution in [1.82, 2.24) is 10.5 Å². The Morgan fingerprint density at radius 2 is 2.24 bits per heavy atom. The van der Waals surface area contributed by atoms with Gasteiger partial charge in [0, 0.05) is 11.3 Å². The van der Waals surface area contributed by atoms with E-state index in [9.17, 15) is 0 Å². The Bertz CT molecular complexity index is 713. The molecule has 1 aromatic heterocycles. The number of hydrogen-bond acceptors (Lipinski definition) is 6. The van der Waals surface area contributed by atoms with Gasteiger partial charge in [0.15, 0.2) is 0 Å². The van der Waals surface area contributed by atoms with Crippen molar-refractivity contribution in [1.29, 1.82) is 0 Å². The van der Waals surface area contributed by atoms with Crippen LogP contribution in [0, 0.1) is 5.92 Å². The van der Waals surface area contributed by atoms with Crippen molar-refractivity contribution in [2.75, 3.05) is 13.2 Å². The average Bonchev–Trinajstić information content (AvgIpc) is 3.21. The maximum absolute atomic E-state index is 5.95. The highest BCUT2D eigenvalue weighted by Gasteiger charge is 2.55. The van der Waals surface area contributed by atoms with E-state index in [1.54, 1.807) is 11.3 Å². The van der Waals surface area contributed by atoms with Gasteiger partial charge in [-0.25, -0.2) is 4.98 Å². The minimum Gasteiger partial charge on any atom is -0.376 e. The number of nitrogens with one attached hydrogen (secondary N) is 1. The van der Waals surface area contributed by atoms with Gasteiger partial charge in [-0.2, -0.15) is 5.48 Å². The third-order valence-corrected chi connectivity index (χ3v) is 6.64. The minimum absolute atomic E-state index is 0.0160. The molecule has 4 atom stereocenters. The van der Waals surface area contributed by atoms with Crippen LogP contribution < -0.4 is 5.48 Å². The SMILES string of the molecule is C[C@H]1C[C@H]2[C@@H](COCc3ccccc3)ON[C@@]2(c2nc(Br)cs2)CO1. The Hall–Kier alpha value is -0.830. The van der Waals surface area contributed by atoms with E-state index in [0.29, 0.717) is 19.8 Å². The van der Waals surface area contributed by atoms with Crippen LogP contribution in [0.5, 0.6) is 0 Å². The molecule has 3 heterocycles. The predicted molar refractivity (Wildman–Crippen MR) is 99.1 cm³/mol. The van der Waals surface area contributed by atoms with Crippen molar-refractivity contribution in [3.05, 3.63) is 50.9 Å². The zero-order valence-electron chi connectivity index (χ0n) is 14.0. The van der Waals surface area contributed by atoms with Gasteiger partial charge in [-0.15, -0.1) is 11.3 Å². The van der Waals surface area contributed by atoms with Crippen LogP contribution in [-0.4, -0.2) is 30.4 Å². The maximum atomic E-state index is 5.95. The smallest absolute Gasteiger partial charge is 0.123 e. The molecule has 1 aromatic carbocycles. The molecule has 7 heteroatoms. The molecule has 0 saturated carbocycles. The summed E-state index contributed by atoms with van der Waals surface area (Å²) in [7, 11) is 0. The number of rotatable bonds is 5. The first-order valence-corrected chi connectivity index (χ1v) is 10.1. The monoisotopic (exact) mass is 424 g/mol. The molecule has 1 N–H and O–H groups in total. The van der Waals surface area contributed by atoms with E-state index < -0.39 is 0 Å². The Balaban J connectivity index is 1.47. The van der Waals surface area contributed by atoms with Crippen LogP contribution in [0.4, 0.5) is 0 Å². The van der Waals surface area contributed by atoms with Gasteiger partial charge in [0.2, 0.25) is 0 Å². The van der Waals surface area contributed by atoms with Crippen LogP contribution >= 0.6 is 27.3 Å². The molecule has 134 valence electrons. The molecule has 2 aliphatic heterocycles. The third-order valence-electron chi connectivity index (χ3n) is 4.91. The molecule has 0 amide bonds. The normalized spacial score (nSPS) is 31.8. The highest BCUT2D eigenvalue weighted by atomic mass is 79.9. The molecule has 0 spiro atoms. The number of benzene rings is 1. The molecule has 2 aliphatic rings. The van der Waals surface area contributed by atoms with Crippen molar-refractivity contribution < 1.29 is 14.3 Å². The first kappa shape index (κ1) is 17.6. The van der Waals surface area contributed by atoms with E-state index >= 15 is 0 Å². The molecule has 2 saturated heterocycles. The topological polar surface area (TPSA) is 52.6 Å². The second-order valence-corrected chi connectivity index (χ2v) is 8.34.